The highest BCUT2D eigenvalue weighted by atomic mass is 16.5. The number of aryl methyl sites for hydroxylation is 4. The number of fused-ring (bicyclic) bond motifs is 12. The van der Waals surface area contributed by atoms with Crippen LogP contribution in [0.4, 0.5) is 17.1 Å². The molecular weight excluding hydrogens is 1490 g/mol. The van der Waals surface area contributed by atoms with E-state index in [4.69, 9.17) is 19.6 Å². The molecule has 0 atom stereocenters. The van der Waals surface area contributed by atoms with Crippen molar-refractivity contribution in [3.63, 3.8) is 0 Å². The third-order valence-electron chi connectivity index (χ3n) is 24.2. The van der Waals surface area contributed by atoms with Gasteiger partial charge in [-0.05, 0) is 263 Å². The molecule has 16 aromatic carbocycles. The summed E-state index contributed by atoms with van der Waals surface area (Å²) in [4.78, 5) is 7.29. The molecule has 4 aromatic heterocycles. The Hall–Kier alpha value is -14.5. The lowest BCUT2D eigenvalue weighted by atomic mass is 9.84. The van der Waals surface area contributed by atoms with Crippen LogP contribution in [0.5, 0.6) is 11.5 Å². The minimum absolute atomic E-state index is 0.0895. The molecule has 0 N–H and O–H groups in total. The Morgan fingerprint density at radius 3 is 1.23 bits per heavy atom. The van der Waals surface area contributed by atoms with Crippen molar-refractivity contribution in [2.24, 2.45) is 0 Å². The van der Waals surface area contributed by atoms with E-state index in [9.17, 15) is 0 Å². The number of nitrogens with zero attached hydrogens (tertiary/aromatic N) is 7. The molecule has 0 bridgehead atoms. The molecule has 0 spiro atoms. The molecule has 0 aliphatic heterocycles. The van der Waals surface area contributed by atoms with E-state index in [-0.39, 0.29) is 10.8 Å². The minimum atomic E-state index is 0.0895. The van der Waals surface area contributed by atoms with Gasteiger partial charge in [0, 0.05) is 77.6 Å². The van der Waals surface area contributed by atoms with E-state index in [2.05, 4.69) is 383 Å². The molecule has 1 aliphatic rings. The predicted octanol–water partition coefficient (Wildman–Crippen LogP) is 29.0. The highest BCUT2D eigenvalue weighted by Crippen LogP contribution is 2.44. The quantitative estimate of drug-likeness (QED) is 0.109. The van der Waals surface area contributed by atoms with E-state index in [1.165, 1.54) is 122 Å². The maximum absolute atomic E-state index is 5.55. The average Bonchev–Trinajstić information content (AvgIpc) is 1.60. The average molecular weight is 1590 g/mol. The van der Waals surface area contributed by atoms with E-state index >= 15 is 0 Å². The van der Waals surface area contributed by atoms with E-state index in [0.717, 1.165) is 98.0 Å². The van der Waals surface area contributed by atoms with Crippen LogP contribution in [0.15, 0.2) is 370 Å². The molecule has 9 nitrogen and oxygen atoms in total. The first kappa shape index (κ1) is 77.4. The number of benzene rings is 16. The number of rotatable bonds is 14. The van der Waals surface area contributed by atoms with Crippen LogP contribution in [0.3, 0.4) is 0 Å². The molecule has 20 aromatic rings. The van der Waals surface area contributed by atoms with Crippen molar-refractivity contribution in [1.29, 1.82) is 0 Å². The van der Waals surface area contributed by atoms with Crippen LogP contribution >= 0.6 is 0 Å². The van der Waals surface area contributed by atoms with E-state index in [0.29, 0.717) is 5.82 Å². The Kier molecular flexibility index (Phi) is 20.5. The first-order valence-corrected chi connectivity index (χ1v) is 42.3. The highest BCUT2D eigenvalue weighted by molar-refractivity contribution is 6.12. The fourth-order valence-corrected chi connectivity index (χ4v) is 17.7. The second-order valence-corrected chi connectivity index (χ2v) is 34.3. The van der Waals surface area contributed by atoms with E-state index in [1.807, 2.05) is 65.3 Å². The van der Waals surface area contributed by atoms with Crippen molar-refractivity contribution >= 4 is 82.5 Å². The van der Waals surface area contributed by atoms with Gasteiger partial charge in [0.05, 0.1) is 53.0 Å². The molecule has 1 aliphatic carbocycles. The number of hydrogen-bond donors (Lipinski definition) is 0. The summed E-state index contributed by atoms with van der Waals surface area (Å²) < 4.78 is 20.1. The molecule has 4 heterocycles. The number of para-hydroxylation sites is 2. The zero-order valence-corrected chi connectivity index (χ0v) is 70.8. The van der Waals surface area contributed by atoms with Crippen LogP contribution in [0.25, 0.3) is 133 Å². The lowest BCUT2D eigenvalue weighted by molar-refractivity contribution is 0.415. The first-order valence-electron chi connectivity index (χ1n) is 42.3. The molecule has 21 rings (SSSR count). The fourth-order valence-electron chi connectivity index (χ4n) is 17.7. The van der Waals surface area contributed by atoms with Gasteiger partial charge in [0.1, 0.15) is 11.5 Å². The number of methoxy groups -OCH3 is 2. The molecule has 596 valence electrons. The van der Waals surface area contributed by atoms with E-state index in [1.54, 1.807) is 14.2 Å². The normalized spacial score (nSPS) is 12.0. The maximum atomic E-state index is 5.55. The van der Waals surface area contributed by atoms with Gasteiger partial charge < -0.3 is 28.1 Å². The number of aromatic nitrogens is 6. The molecule has 0 amide bonds. The molecule has 0 saturated heterocycles. The Morgan fingerprint density at radius 2 is 0.705 bits per heavy atom. The highest BCUT2D eigenvalue weighted by Gasteiger charge is 2.24. The van der Waals surface area contributed by atoms with Gasteiger partial charge in [-0.1, -0.05) is 259 Å². The van der Waals surface area contributed by atoms with Crippen molar-refractivity contribution in [2.45, 2.75) is 85.5 Å². The molecule has 122 heavy (non-hydrogen) atoms. The zero-order chi connectivity index (χ0) is 83.3. The molecular formula is C113H97N7O2. The summed E-state index contributed by atoms with van der Waals surface area (Å²) in [6, 6.07) is 133. The second-order valence-electron chi connectivity index (χ2n) is 34.3. The van der Waals surface area contributed by atoms with Crippen LogP contribution in [0, 0.1) is 13.8 Å². The van der Waals surface area contributed by atoms with Gasteiger partial charge in [0.2, 0.25) is 0 Å². The lowest BCUT2D eigenvalue weighted by Crippen LogP contribution is -2.14. The first-order chi connectivity index (χ1) is 59.4. The summed E-state index contributed by atoms with van der Waals surface area (Å²) in [5, 5.41) is 12.5. The van der Waals surface area contributed by atoms with Crippen LogP contribution in [-0.2, 0) is 30.1 Å². The SMILES string of the molecule is CC(C)(C)c1ccc(N(c2ccc(-n3nc(-c4ccccc4)nc3-c3ccccc3)cc2)c2ccc(C(C)(C)C)cc2)cc1.COc1ccc2c(c1)c1cc(OC)ccc1n2-c1ccc(Cc2ccc(-n3c4ccc(C)cc4c4cc(C)ccc43)cc2)cc1.c1ccc(-n2c3ccccc3c3cc(-c4ccc5c(c4)CCc4ccccc4-5)ccc32)cc1. The largest absolute Gasteiger partial charge is 0.497 e. The summed E-state index contributed by atoms with van der Waals surface area (Å²) >= 11 is 0. The minimum Gasteiger partial charge on any atom is -0.497 e. The standard InChI is InChI=1S/C41H34N2O2.C40H40N4.C32H23N/c1-26-5-17-38-34(21-26)35-22-27(2)6-18-39(35)42(38)30-11-7-28(8-12-30)23-29-9-13-31(14-10-29)43-40-19-15-32(44-3)24-36(40)37-25-33(45-4)16-20-41(37)43;1-39(2,3)31-17-21-33(22-18-31)43(34-23-19-32(20-24-34)40(4,5)6)35-25-27-36(28-26-35)44-38(30-15-11-8-12-16-30)41-37(42-44)29-13-9-7-10-14-29;1-2-9-26(10-3-1)33-31-13-7-6-12-29(31)30-21-24(17-19-32(30)33)23-16-18-28-25(20-23)15-14-22-8-4-5-11-27(22)28/h5-22,24-25H,23H2,1-4H3;7-28H,1-6H3;1-13,16-21H,14-15H2. The number of ether oxygens (including phenoxy) is 2. The van der Waals surface area contributed by atoms with Gasteiger partial charge >= 0.3 is 0 Å². The molecule has 0 fully saturated rings. The summed E-state index contributed by atoms with van der Waals surface area (Å²) in [6.07, 6.45) is 3.10. The summed E-state index contributed by atoms with van der Waals surface area (Å²) in [5.74, 6) is 3.20. The Morgan fingerprint density at radius 1 is 0.311 bits per heavy atom. The summed E-state index contributed by atoms with van der Waals surface area (Å²) in [5.41, 5.74) is 33.2. The predicted molar refractivity (Wildman–Crippen MR) is 510 cm³/mol. The van der Waals surface area contributed by atoms with Gasteiger partial charge in [-0.3, -0.25) is 0 Å². The lowest BCUT2D eigenvalue weighted by Gasteiger charge is -2.28. The van der Waals surface area contributed by atoms with Crippen molar-refractivity contribution in [2.75, 3.05) is 19.1 Å². The van der Waals surface area contributed by atoms with Crippen molar-refractivity contribution < 1.29 is 9.47 Å². The third-order valence-corrected chi connectivity index (χ3v) is 24.2. The zero-order valence-electron chi connectivity index (χ0n) is 70.8. The smallest absolute Gasteiger partial charge is 0.182 e. The van der Waals surface area contributed by atoms with Crippen molar-refractivity contribution in [3.05, 3.63) is 415 Å². The number of hydrogen-bond acceptors (Lipinski definition) is 5. The molecule has 9 heteroatoms. The van der Waals surface area contributed by atoms with Gasteiger partial charge in [0.15, 0.2) is 11.6 Å². The summed E-state index contributed by atoms with van der Waals surface area (Å²) in [7, 11) is 3.42. The number of anilines is 3. The van der Waals surface area contributed by atoms with Crippen LogP contribution in [-0.4, -0.2) is 42.7 Å². The second kappa shape index (κ2) is 32.3. The monoisotopic (exact) mass is 1580 g/mol. The van der Waals surface area contributed by atoms with Gasteiger partial charge in [-0.2, -0.15) is 0 Å². The Bertz CT molecular complexity index is 7050. The summed E-state index contributed by atoms with van der Waals surface area (Å²) in [6.45, 7) is 17.8. The van der Waals surface area contributed by atoms with Crippen molar-refractivity contribution in [1.82, 2.24) is 28.5 Å². The Balaban J connectivity index is 0.000000122. The maximum Gasteiger partial charge on any atom is 0.182 e. The van der Waals surface area contributed by atoms with E-state index < -0.39 is 0 Å². The van der Waals surface area contributed by atoms with Crippen molar-refractivity contribution in [3.8, 4) is 79.3 Å². The van der Waals surface area contributed by atoms with Crippen LogP contribution < -0.4 is 14.4 Å². The topological polar surface area (TPSA) is 67.2 Å². The molecule has 0 unspecified atom stereocenters. The molecule has 0 radical (unpaired) electrons. The Labute approximate surface area is 714 Å². The van der Waals surface area contributed by atoms with Crippen LogP contribution in [0.2, 0.25) is 0 Å². The van der Waals surface area contributed by atoms with Crippen LogP contribution in [0.1, 0.15) is 86.1 Å². The fraction of sp³-hybridized carbons (Fsp3) is 0.133. The molecule has 0 saturated carbocycles. The van der Waals surface area contributed by atoms with Gasteiger partial charge in [-0.15, -0.1) is 5.10 Å². The third kappa shape index (κ3) is 15.1. The van der Waals surface area contributed by atoms with Gasteiger partial charge in [0.25, 0.3) is 0 Å². The van der Waals surface area contributed by atoms with Gasteiger partial charge in [-0.25, -0.2) is 9.67 Å².